The van der Waals surface area contributed by atoms with Crippen LogP contribution in [0.15, 0.2) is 36.5 Å². The molecule has 8 heteroatoms. The van der Waals surface area contributed by atoms with Crippen molar-refractivity contribution in [3.8, 4) is 17.4 Å². The van der Waals surface area contributed by atoms with E-state index in [1.165, 1.54) is 13.2 Å². The Balaban J connectivity index is 1.66. The number of benzene rings is 1. The first kappa shape index (κ1) is 17.9. The third kappa shape index (κ3) is 4.02. The Morgan fingerprint density at radius 3 is 2.65 bits per heavy atom. The van der Waals surface area contributed by atoms with Gasteiger partial charge < -0.3 is 19.1 Å². The van der Waals surface area contributed by atoms with Crippen LogP contribution in [0.5, 0.6) is 17.4 Å². The third-order valence-corrected chi connectivity index (χ3v) is 4.06. The van der Waals surface area contributed by atoms with Crippen molar-refractivity contribution in [3.63, 3.8) is 0 Å². The van der Waals surface area contributed by atoms with Crippen molar-refractivity contribution in [1.29, 1.82) is 0 Å². The number of methoxy groups -OCH3 is 1. The van der Waals surface area contributed by atoms with Crippen molar-refractivity contribution in [2.75, 3.05) is 31.7 Å². The molecule has 0 unspecified atom stereocenters. The normalized spacial score (nSPS) is 14.0. The molecule has 3 rings (SSSR count). The van der Waals surface area contributed by atoms with E-state index in [2.05, 4.69) is 16.8 Å². The molecule has 2 aromatic rings. The Morgan fingerprint density at radius 2 is 2.04 bits per heavy atom. The van der Waals surface area contributed by atoms with Crippen molar-refractivity contribution in [2.24, 2.45) is 0 Å². The van der Waals surface area contributed by atoms with Gasteiger partial charge in [0.25, 0.3) is 0 Å². The number of nitro groups is 1. The fourth-order valence-electron chi connectivity index (χ4n) is 2.63. The maximum atomic E-state index is 11.1. The summed E-state index contributed by atoms with van der Waals surface area (Å²) in [4.78, 5) is 16.7. The third-order valence-electron chi connectivity index (χ3n) is 4.06. The molecule has 0 amide bonds. The maximum absolute atomic E-state index is 11.1. The summed E-state index contributed by atoms with van der Waals surface area (Å²) in [5.41, 5.74) is 0.851. The summed E-state index contributed by atoms with van der Waals surface area (Å²) in [7, 11) is 1.44. The maximum Gasteiger partial charge on any atom is 0.329 e. The summed E-state index contributed by atoms with van der Waals surface area (Å²) in [6.45, 7) is 4.62. The molecule has 0 aliphatic carbocycles. The lowest BCUT2D eigenvalue weighted by molar-refractivity contribution is -0.386. The molecule has 1 aromatic carbocycles. The van der Waals surface area contributed by atoms with Crippen LogP contribution in [0.3, 0.4) is 0 Å². The predicted molar refractivity (Wildman–Crippen MR) is 96.2 cm³/mol. The van der Waals surface area contributed by atoms with Crippen molar-refractivity contribution in [2.45, 2.75) is 19.4 Å². The van der Waals surface area contributed by atoms with Gasteiger partial charge in [0.15, 0.2) is 0 Å². The molecule has 0 atom stereocenters. The number of anilines is 1. The van der Waals surface area contributed by atoms with E-state index in [9.17, 15) is 10.1 Å². The molecule has 0 N–H and O–H groups in total. The zero-order valence-corrected chi connectivity index (χ0v) is 14.8. The highest BCUT2D eigenvalue weighted by atomic mass is 16.6. The minimum atomic E-state index is -0.535. The summed E-state index contributed by atoms with van der Waals surface area (Å²) >= 11 is 0. The minimum Gasteiger partial charge on any atom is -0.481 e. The molecule has 1 aromatic heterocycles. The van der Waals surface area contributed by atoms with Crippen LogP contribution in [-0.2, 0) is 4.74 Å². The Labute approximate surface area is 151 Å². The second kappa shape index (κ2) is 8.01. The molecule has 138 valence electrons. The number of rotatable bonds is 8. The number of nitrogens with zero attached hydrogens (tertiary/aromatic N) is 3. The highest BCUT2D eigenvalue weighted by molar-refractivity contribution is 5.53. The van der Waals surface area contributed by atoms with Gasteiger partial charge in [-0.15, -0.1) is 0 Å². The molecule has 0 radical (unpaired) electrons. The summed E-state index contributed by atoms with van der Waals surface area (Å²) in [5.74, 6) is 0.844. The van der Waals surface area contributed by atoms with Crippen LogP contribution in [0.1, 0.15) is 13.3 Å². The predicted octanol–water partition coefficient (Wildman–Crippen LogP) is 3.41. The highest BCUT2D eigenvalue weighted by Gasteiger charge is 2.27. The van der Waals surface area contributed by atoms with E-state index in [0.717, 1.165) is 38.0 Å². The van der Waals surface area contributed by atoms with Gasteiger partial charge in [0.05, 0.1) is 24.2 Å². The molecule has 2 heterocycles. The van der Waals surface area contributed by atoms with Crippen molar-refractivity contribution >= 4 is 11.4 Å². The molecular weight excluding hydrogens is 338 g/mol. The Kier molecular flexibility index (Phi) is 5.52. The quantitative estimate of drug-likeness (QED) is 0.527. The molecule has 1 aliphatic rings. The van der Waals surface area contributed by atoms with E-state index in [1.54, 1.807) is 12.1 Å². The fourth-order valence-corrected chi connectivity index (χ4v) is 2.63. The van der Waals surface area contributed by atoms with Gasteiger partial charge in [0, 0.05) is 25.4 Å². The first-order chi connectivity index (χ1) is 12.6. The van der Waals surface area contributed by atoms with E-state index in [1.807, 2.05) is 12.1 Å². The fraction of sp³-hybridized carbons (Fsp3) is 0.389. The van der Waals surface area contributed by atoms with Gasteiger partial charge in [-0.05, 0) is 30.7 Å². The Morgan fingerprint density at radius 1 is 1.31 bits per heavy atom. The lowest BCUT2D eigenvalue weighted by Crippen LogP contribution is -2.52. The minimum absolute atomic E-state index is 0.0894. The van der Waals surface area contributed by atoms with Gasteiger partial charge in [0.1, 0.15) is 11.9 Å². The summed E-state index contributed by atoms with van der Waals surface area (Å²) < 4.78 is 16.4. The van der Waals surface area contributed by atoms with Crippen molar-refractivity contribution < 1.29 is 19.1 Å². The molecule has 26 heavy (non-hydrogen) atoms. The summed E-state index contributed by atoms with van der Waals surface area (Å²) in [6, 6.07) is 8.82. The number of hydrogen-bond donors (Lipinski definition) is 0. The van der Waals surface area contributed by atoms with Crippen LogP contribution in [0.4, 0.5) is 11.4 Å². The second-order valence-electron chi connectivity index (χ2n) is 5.95. The molecule has 1 fully saturated rings. The first-order valence-electron chi connectivity index (χ1n) is 8.43. The van der Waals surface area contributed by atoms with Gasteiger partial charge in [-0.2, -0.15) is 0 Å². The zero-order valence-electron chi connectivity index (χ0n) is 14.8. The van der Waals surface area contributed by atoms with Crippen molar-refractivity contribution in [3.05, 3.63) is 46.6 Å². The lowest BCUT2D eigenvalue weighted by Gasteiger charge is -2.40. The van der Waals surface area contributed by atoms with Gasteiger partial charge >= 0.3 is 5.69 Å². The number of aromatic nitrogens is 1. The average molecular weight is 359 g/mol. The highest BCUT2D eigenvalue weighted by Crippen LogP contribution is 2.34. The molecule has 0 bridgehead atoms. The lowest BCUT2D eigenvalue weighted by atomic mass is 10.1. The van der Waals surface area contributed by atoms with Crippen LogP contribution in [0.25, 0.3) is 0 Å². The molecule has 1 aliphatic heterocycles. The molecular formula is C18H21N3O5. The molecule has 0 saturated carbocycles. The van der Waals surface area contributed by atoms with E-state index < -0.39 is 4.92 Å². The smallest absolute Gasteiger partial charge is 0.329 e. The van der Waals surface area contributed by atoms with Crippen LogP contribution in [-0.4, -0.2) is 42.8 Å². The first-order valence-corrected chi connectivity index (χ1v) is 8.43. The van der Waals surface area contributed by atoms with Crippen LogP contribution in [0.2, 0.25) is 0 Å². The van der Waals surface area contributed by atoms with Crippen LogP contribution >= 0.6 is 0 Å². The molecule has 0 spiro atoms. The zero-order chi connectivity index (χ0) is 18.5. The summed E-state index contributed by atoms with van der Waals surface area (Å²) in [5, 5.41) is 11.1. The van der Waals surface area contributed by atoms with E-state index in [-0.39, 0.29) is 23.4 Å². The van der Waals surface area contributed by atoms with Crippen LogP contribution < -0.4 is 14.4 Å². The number of pyridine rings is 1. The number of hydrogen-bond acceptors (Lipinski definition) is 7. The SMILES string of the molecule is CCCOC1CN(c2ccc(Oc3cc(OC)ncc3[N+](=O)[O-])cc2)C1. The monoisotopic (exact) mass is 359 g/mol. The van der Waals surface area contributed by atoms with E-state index in [4.69, 9.17) is 14.2 Å². The average Bonchev–Trinajstić information content (AvgIpc) is 2.61. The van der Waals surface area contributed by atoms with Gasteiger partial charge in [-0.1, -0.05) is 6.92 Å². The van der Waals surface area contributed by atoms with Gasteiger partial charge in [-0.3, -0.25) is 10.1 Å². The van der Waals surface area contributed by atoms with E-state index in [0.29, 0.717) is 5.75 Å². The topological polar surface area (TPSA) is 87.0 Å². The van der Waals surface area contributed by atoms with Crippen LogP contribution in [0, 0.1) is 10.1 Å². The standard InChI is InChI=1S/C18H21N3O5/c1-3-8-25-15-11-20(12-15)13-4-6-14(7-5-13)26-17-9-18(24-2)19-10-16(17)21(22)23/h4-7,9-10,15H,3,8,11-12H2,1-2H3. The Hall–Kier alpha value is -2.87. The van der Waals surface area contributed by atoms with Gasteiger partial charge in [0.2, 0.25) is 11.6 Å². The second-order valence-corrected chi connectivity index (χ2v) is 5.95. The largest absolute Gasteiger partial charge is 0.481 e. The Bertz CT molecular complexity index is 760. The number of ether oxygens (including phenoxy) is 3. The molecule has 1 saturated heterocycles. The van der Waals surface area contributed by atoms with E-state index >= 15 is 0 Å². The van der Waals surface area contributed by atoms with Gasteiger partial charge in [-0.25, -0.2) is 4.98 Å². The van der Waals surface area contributed by atoms with Crippen molar-refractivity contribution in [1.82, 2.24) is 4.98 Å². The molecule has 8 nitrogen and oxygen atoms in total. The summed E-state index contributed by atoms with van der Waals surface area (Å²) in [6.07, 6.45) is 2.44.